The zero-order chi connectivity index (χ0) is 17.9. The van der Waals surface area contributed by atoms with Crippen LogP contribution in [0.5, 0.6) is 0 Å². The van der Waals surface area contributed by atoms with Gasteiger partial charge < -0.3 is 4.74 Å². The number of alkyl halides is 2. The summed E-state index contributed by atoms with van der Waals surface area (Å²) in [5.74, 6) is 1.34. The molecule has 3 fully saturated rings. The van der Waals surface area contributed by atoms with E-state index in [2.05, 4.69) is 13.5 Å². The molecule has 0 aromatic rings. The van der Waals surface area contributed by atoms with E-state index in [4.69, 9.17) is 4.74 Å². The fourth-order valence-corrected chi connectivity index (χ4v) is 5.61. The van der Waals surface area contributed by atoms with Crippen LogP contribution < -0.4 is 0 Å². The van der Waals surface area contributed by atoms with Crippen molar-refractivity contribution in [2.75, 3.05) is 0 Å². The van der Waals surface area contributed by atoms with Crippen LogP contribution in [0, 0.1) is 29.6 Å². The Morgan fingerprint density at radius 2 is 1.60 bits per heavy atom. The highest BCUT2D eigenvalue weighted by atomic mass is 19.3. The molecule has 1 heterocycles. The molecule has 3 rings (SSSR count). The second kappa shape index (κ2) is 8.50. The smallest absolute Gasteiger partial charge is 0.316 e. The van der Waals surface area contributed by atoms with Gasteiger partial charge in [0, 0.05) is 0 Å². The quantitative estimate of drug-likeness (QED) is 0.354. The molecule has 2 aliphatic carbocycles. The first-order valence-corrected chi connectivity index (χ1v) is 10.7. The lowest BCUT2D eigenvalue weighted by Gasteiger charge is -2.53. The maximum absolute atomic E-state index is 14.2. The van der Waals surface area contributed by atoms with Gasteiger partial charge in [0.25, 0.3) is 0 Å². The zero-order valence-electron chi connectivity index (χ0n) is 15.9. The van der Waals surface area contributed by atoms with Crippen molar-refractivity contribution < 1.29 is 13.5 Å². The summed E-state index contributed by atoms with van der Waals surface area (Å²) in [7, 11) is 0. The minimum atomic E-state index is -2.88. The maximum atomic E-state index is 14.2. The molecular weight excluding hydrogens is 318 g/mol. The minimum Gasteiger partial charge on any atom is -0.316 e. The molecule has 0 radical (unpaired) electrons. The number of rotatable bonds is 7. The standard InChI is InChI=1S/C22H36F2O/c1-3-5-6-7-17-10-14-19(15-11-17)21-20(22(23,24)25-21)18-12-8-16(4-2)9-13-18/h4,16-21H,2-3,5-15H2,1H3/t16?,17?,18?,19?,20-,21-/m0/s1. The van der Waals surface area contributed by atoms with E-state index >= 15 is 0 Å². The van der Waals surface area contributed by atoms with Crippen molar-refractivity contribution in [2.45, 2.75) is 96.2 Å². The molecule has 0 unspecified atom stereocenters. The van der Waals surface area contributed by atoms with Gasteiger partial charge in [-0.15, -0.1) is 6.58 Å². The second-order valence-corrected chi connectivity index (χ2v) is 8.86. The molecule has 0 aromatic carbocycles. The van der Waals surface area contributed by atoms with Crippen LogP contribution in [0.25, 0.3) is 0 Å². The molecular formula is C22H36F2O. The van der Waals surface area contributed by atoms with Crippen molar-refractivity contribution in [3.63, 3.8) is 0 Å². The van der Waals surface area contributed by atoms with Crippen LogP contribution in [0.4, 0.5) is 8.78 Å². The lowest BCUT2D eigenvalue weighted by Crippen LogP contribution is -2.61. The number of unbranched alkanes of at least 4 members (excludes halogenated alkanes) is 2. The summed E-state index contributed by atoms with van der Waals surface area (Å²) < 4.78 is 33.6. The number of allylic oxidation sites excluding steroid dienone is 1. The van der Waals surface area contributed by atoms with Crippen molar-refractivity contribution in [3.8, 4) is 0 Å². The van der Waals surface area contributed by atoms with E-state index in [1.165, 1.54) is 38.5 Å². The van der Waals surface area contributed by atoms with Gasteiger partial charge in [0.2, 0.25) is 0 Å². The Balaban J connectivity index is 1.50. The van der Waals surface area contributed by atoms with Gasteiger partial charge in [0.1, 0.15) is 0 Å². The first-order valence-electron chi connectivity index (χ1n) is 10.7. The third kappa shape index (κ3) is 4.46. The number of hydrogen-bond donors (Lipinski definition) is 0. The summed E-state index contributed by atoms with van der Waals surface area (Å²) in [6.07, 6.45) is 12.7. The van der Waals surface area contributed by atoms with Gasteiger partial charge in [-0.05, 0) is 62.2 Å². The summed E-state index contributed by atoms with van der Waals surface area (Å²) in [5.41, 5.74) is 0. The van der Waals surface area contributed by atoms with Gasteiger partial charge in [-0.2, -0.15) is 8.78 Å². The molecule has 25 heavy (non-hydrogen) atoms. The van der Waals surface area contributed by atoms with E-state index < -0.39 is 12.0 Å². The second-order valence-electron chi connectivity index (χ2n) is 8.86. The first kappa shape index (κ1) is 19.3. The van der Waals surface area contributed by atoms with E-state index in [-0.39, 0.29) is 12.0 Å². The molecule has 1 aliphatic heterocycles. The Kier molecular flexibility index (Phi) is 6.57. The average molecular weight is 355 g/mol. The summed E-state index contributed by atoms with van der Waals surface area (Å²) in [4.78, 5) is 0. The predicted molar refractivity (Wildman–Crippen MR) is 98.5 cm³/mol. The SMILES string of the molecule is C=CC1CCC([C@H]2[C@H](C3CCC(CCCCC)CC3)OC2(F)F)CC1. The van der Waals surface area contributed by atoms with E-state index in [0.29, 0.717) is 11.8 Å². The van der Waals surface area contributed by atoms with E-state index in [1.54, 1.807) is 0 Å². The Morgan fingerprint density at radius 3 is 2.16 bits per heavy atom. The summed E-state index contributed by atoms with van der Waals surface area (Å²) in [6.45, 7) is 6.11. The Morgan fingerprint density at radius 1 is 0.960 bits per heavy atom. The van der Waals surface area contributed by atoms with Crippen LogP contribution in [-0.2, 0) is 4.74 Å². The van der Waals surface area contributed by atoms with Crippen LogP contribution in [0.15, 0.2) is 12.7 Å². The van der Waals surface area contributed by atoms with Gasteiger partial charge in [-0.3, -0.25) is 0 Å². The van der Waals surface area contributed by atoms with Crippen LogP contribution in [0.3, 0.4) is 0 Å². The third-order valence-corrected chi connectivity index (χ3v) is 7.26. The highest BCUT2D eigenvalue weighted by molar-refractivity contribution is 4.99. The van der Waals surface area contributed by atoms with E-state index in [1.807, 2.05) is 6.08 Å². The molecule has 2 saturated carbocycles. The minimum absolute atomic E-state index is 0.146. The van der Waals surface area contributed by atoms with Crippen molar-refractivity contribution in [1.82, 2.24) is 0 Å². The molecule has 0 aromatic heterocycles. The summed E-state index contributed by atoms with van der Waals surface area (Å²) >= 11 is 0. The molecule has 2 atom stereocenters. The summed E-state index contributed by atoms with van der Waals surface area (Å²) in [6, 6.07) is 0. The van der Waals surface area contributed by atoms with Crippen molar-refractivity contribution >= 4 is 0 Å². The molecule has 144 valence electrons. The lowest BCUT2D eigenvalue weighted by molar-refractivity contribution is -0.418. The predicted octanol–water partition coefficient (Wildman–Crippen LogP) is 6.97. The molecule has 0 N–H and O–H groups in total. The van der Waals surface area contributed by atoms with Gasteiger partial charge >= 0.3 is 6.11 Å². The first-order chi connectivity index (χ1) is 12.0. The zero-order valence-corrected chi connectivity index (χ0v) is 15.9. The molecule has 0 bridgehead atoms. The Hall–Kier alpha value is -0.440. The van der Waals surface area contributed by atoms with Crippen LogP contribution >= 0.6 is 0 Å². The molecule has 1 nitrogen and oxygen atoms in total. The molecule has 3 aliphatic rings. The normalized spacial score (nSPS) is 41.1. The van der Waals surface area contributed by atoms with Gasteiger partial charge in [-0.25, -0.2) is 0 Å². The van der Waals surface area contributed by atoms with E-state index in [0.717, 1.165) is 44.4 Å². The van der Waals surface area contributed by atoms with Gasteiger partial charge in [0.15, 0.2) is 0 Å². The fraction of sp³-hybridized carbons (Fsp3) is 0.909. The third-order valence-electron chi connectivity index (χ3n) is 7.26. The number of hydrogen-bond acceptors (Lipinski definition) is 1. The van der Waals surface area contributed by atoms with Crippen molar-refractivity contribution in [2.24, 2.45) is 29.6 Å². The Labute approximate surface area is 152 Å². The molecule has 1 saturated heterocycles. The van der Waals surface area contributed by atoms with Crippen LogP contribution in [-0.4, -0.2) is 12.2 Å². The largest absolute Gasteiger partial charge is 0.361 e. The average Bonchev–Trinajstić information content (AvgIpc) is 2.61. The monoisotopic (exact) mass is 354 g/mol. The number of halogens is 2. The van der Waals surface area contributed by atoms with Crippen LogP contribution in [0.1, 0.15) is 84.0 Å². The maximum Gasteiger partial charge on any atom is 0.361 e. The van der Waals surface area contributed by atoms with Gasteiger partial charge in [0.05, 0.1) is 12.0 Å². The van der Waals surface area contributed by atoms with Crippen LogP contribution in [0.2, 0.25) is 0 Å². The fourth-order valence-electron chi connectivity index (χ4n) is 5.61. The molecule has 0 spiro atoms. The van der Waals surface area contributed by atoms with Gasteiger partial charge in [-0.1, -0.05) is 51.5 Å². The topological polar surface area (TPSA) is 9.23 Å². The van der Waals surface area contributed by atoms with E-state index in [9.17, 15) is 8.78 Å². The van der Waals surface area contributed by atoms with Crippen molar-refractivity contribution in [3.05, 3.63) is 12.7 Å². The number of ether oxygens (including phenoxy) is 1. The highest BCUT2D eigenvalue weighted by Crippen LogP contribution is 2.55. The summed E-state index contributed by atoms with van der Waals surface area (Å²) in [5, 5.41) is 0. The molecule has 0 amide bonds. The highest BCUT2D eigenvalue weighted by Gasteiger charge is 2.62. The lowest BCUT2D eigenvalue weighted by atomic mass is 9.66. The Bertz CT molecular complexity index is 420. The molecule has 3 heteroatoms. The van der Waals surface area contributed by atoms with Crippen molar-refractivity contribution in [1.29, 1.82) is 0 Å².